The summed E-state index contributed by atoms with van der Waals surface area (Å²) >= 11 is 1.09. The van der Waals surface area contributed by atoms with E-state index in [4.69, 9.17) is 4.74 Å². The Morgan fingerprint density at radius 1 is 1.17 bits per heavy atom. The molecule has 2 heterocycles. The summed E-state index contributed by atoms with van der Waals surface area (Å²) in [6.45, 7) is 1.73. The monoisotopic (exact) mass is 526 g/mol. The summed E-state index contributed by atoms with van der Waals surface area (Å²) in [5.41, 5.74) is 0.787. The molecule has 1 aromatic carbocycles. The number of pyridine rings is 2. The number of carbonyl (C=O) groups is 2. The van der Waals surface area contributed by atoms with Gasteiger partial charge < -0.3 is 15.4 Å². The second kappa shape index (κ2) is 9.28. The van der Waals surface area contributed by atoms with E-state index in [0.717, 1.165) is 22.6 Å². The zero-order chi connectivity index (χ0) is 21.7. The van der Waals surface area contributed by atoms with Gasteiger partial charge in [-0.2, -0.15) is 8.78 Å². The van der Waals surface area contributed by atoms with E-state index < -0.39 is 3.93 Å². The Labute approximate surface area is 184 Å². The van der Waals surface area contributed by atoms with Gasteiger partial charge in [0, 0.05) is 58.3 Å². The van der Waals surface area contributed by atoms with Crippen molar-refractivity contribution in [3.8, 4) is 5.88 Å². The quantitative estimate of drug-likeness (QED) is 0.277. The minimum atomic E-state index is -2.95. The average molecular weight is 526 g/mol. The topological polar surface area (TPSA) is 93.2 Å². The van der Waals surface area contributed by atoms with E-state index in [1.807, 2.05) is 0 Å². The highest BCUT2D eigenvalue weighted by Gasteiger charge is 2.26. The molecule has 30 heavy (non-hydrogen) atoms. The molecule has 0 atom stereocenters. The van der Waals surface area contributed by atoms with Crippen LogP contribution in [0, 0.1) is 0 Å². The number of aromatic nitrogens is 2. The van der Waals surface area contributed by atoms with E-state index in [-0.39, 0.29) is 36.3 Å². The fourth-order valence-electron chi connectivity index (χ4n) is 2.61. The minimum Gasteiger partial charge on any atom is -0.476 e. The summed E-state index contributed by atoms with van der Waals surface area (Å²) in [4.78, 5) is 31.5. The fourth-order valence-corrected chi connectivity index (χ4v) is 2.94. The minimum absolute atomic E-state index is 0.0912. The van der Waals surface area contributed by atoms with Gasteiger partial charge in [-0.3, -0.25) is 9.59 Å². The maximum absolute atomic E-state index is 13.4. The molecule has 0 fully saturated rings. The maximum Gasteiger partial charge on any atom is 0.321 e. The first-order chi connectivity index (χ1) is 14.2. The smallest absolute Gasteiger partial charge is 0.321 e. The molecule has 7 nitrogen and oxygen atoms in total. The van der Waals surface area contributed by atoms with E-state index in [9.17, 15) is 18.4 Å². The van der Waals surface area contributed by atoms with Crippen LogP contribution in [0.25, 0.3) is 10.9 Å². The van der Waals surface area contributed by atoms with Crippen LogP contribution >= 0.6 is 22.6 Å². The molecule has 0 aliphatic heterocycles. The third-order valence-electron chi connectivity index (χ3n) is 3.95. The highest BCUT2D eigenvalue weighted by atomic mass is 127. The molecule has 0 saturated carbocycles. The molecular formula is C20H17F2IN4O3. The summed E-state index contributed by atoms with van der Waals surface area (Å²) < 4.78 is 29.4. The van der Waals surface area contributed by atoms with Crippen molar-refractivity contribution in [1.29, 1.82) is 0 Å². The molecule has 0 aliphatic carbocycles. The van der Waals surface area contributed by atoms with E-state index in [1.165, 1.54) is 43.5 Å². The third kappa shape index (κ3) is 5.81. The Balaban J connectivity index is 1.54. The highest BCUT2D eigenvalue weighted by Crippen LogP contribution is 2.36. The largest absolute Gasteiger partial charge is 0.476 e. The molecule has 0 radical (unpaired) electrons. The lowest BCUT2D eigenvalue weighted by Gasteiger charge is -2.11. The first kappa shape index (κ1) is 21.8. The molecule has 2 N–H and O–H groups in total. The molecule has 10 heteroatoms. The number of halogens is 3. The first-order valence-corrected chi connectivity index (χ1v) is 9.93. The molecule has 156 valence electrons. The Hall–Kier alpha value is -2.89. The van der Waals surface area contributed by atoms with Crippen molar-refractivity contribution >= 4 is 51.1 Å². The first-order valence-electron chi connectivity index (χ1n) is 8.85. The van der Waals surface area contributed by atoms with Gasteiger partial charge in [0.05, 0.1) is 12.1 Å². The van der Waals surface area contributed by atoms with Crippen molar-refractivity contribution in [3.63, 3.8) is 0 Å². The van der Waals surface area contributed by atoms with E-state index in [2.05, 4.69) is 20.6 Å². The van der Waals surface area contributed by atoms with Gasteiger partial charge in [-0.15, -0.1) is 0 Å². The predicted molar refractivity (Wildman–Crippen MR) is 116 cm³/mol. The molecule has 0 bridgehead atoms. The van der Waals surface area contributed by atoms with Gasteiger partial charge >= 0.3 is 3.93 Å². The zero-order valence-electron chi connectivity index (χ0n) is 15.8. The molecule has 0 saturated heterocycles. The summed E-state index contributed by atoms with van der Waals surface area (Å²) in [7, 11) is 0. The van der Waals surface area contributed by atoms with E-state index in [1.54, 1.807) is 12.1 Å². The molecule has 0 spiro atoms. The van der Waals surface area contributed by atoms with Gasteiger partial charge in [-0.1, -0.05) is 6.07 Å². The summed E-state index contributed by atoms with van der Waals surface area (Å²) in [6, 6.07) is 10.5. The summed E-state index contributed by atoms with van der Waals surface area (Å²) in [5.74, 6) is -0.0141. The molecule has 2 amide bonds. The van der Waals surface area contributed by atoms with Gasteiger partial charge in [-0.05, 0) is 30.3 Å². The van der Waals surface area contributed by atoms with Crippen molar-refractivity contribution in [2.24, 2.45) is 0 Å². The number of amides is 2. The van der Waals surface area contributed by atoms with Gasteiger partial charge in [-0.25, -0.2) is 9.97 Å². The number of carbonyl (C=O) groups excluding carboxylic acids is 2. The van der Waals surface area contributed by atoms with Crippen molar-refractivity contribution in [1.82, 2.24) is 15.3 Å². The zero-order valence-corrected chi connectivity index (χ0v) is 17.9. The lowest BCUT2D eigenvalue weighted by Crippen LogP contribution is -2.28. The lowest BCUT2D eigenvalue weighted by molar-refractivity contribution is -0.114. The van der Waals surface area contributed by atoms with Gasteiger partial charge in [0.1, 0.15) is 12.4 Å². The number of nitrogens with one attached hydrogen (secondary N) is 2. The van der Waals surface area contributed by atoms with Crippen LogP contribution in [0.15, 0.2) is 48.7 Å². The molecule has 0 aliphatic rings. The Morgan fingerprint density at radius 3 is 2.70 bits per heavy atom. The van der Waals surface area contributed by atoms with Crippen LogP contribution in [0.3, 0.4) is 0 Å². The molecule has 2 aromatic heterocycles. The van der Waals surface area contributed by atoms with Crippen LogP contribution in [0.1, 0.15) is 22.8 Å². The standard InChI is InChI=1S/C20H17F2IN4O3/c1-12(28)26-17-11-14(6-7-24-17)19(29)25-8-9-30-18-5-2-13-10-15(20(21,22)23)3-4-16(13)27-18/h2-7,10-11H,8-9H2,1H3,(H,25,29)(H,24,26,28). The second-order valence-corrected chi connectivity index (χ2v) is 7.62. The van der Waals surface area contributed by atoms with Gasteiger partial charge in [0.2, 0.25) is 11.8 Å². The number of hydrogen-bond acceptors (Lipinski definition) is 5. The van der Waals surface area contributed by atoms with Gasteiger partial charge in [0.25, 0.3) is 5.91 Å². The van der Waals surface area contributed by atoms with Crippen molar-refractivity contribution in [3.05, 3.63) is 59.8 Å². The van der Waals surface area contributed by atoms with Gasteiger partial charge in [0.15, 0.2) is 0 Å². The summed E-state index contributed by atoms with van der Waals surface area (Å²) in [5, 5.41) is 5.79. The van der Waals surface area contributed by atoms with Crippen LogP contribution in [-0.2, 0) is 8.72 Å². The molecule has 0 unspecified atom stereocenters. The SMILES string of the molecule is CC(=O)Nc1cc(C(=O)NCCOc2ccc3cc(C(F)(F)I)ccc3n2)ccn1. The van der Waals surface area contributed by atoms with E-state index in [0.29, 0.717) is 22.3 Å². The van der Waals surface area contributed by atoms with Crippen LogP contribution in [0.4, 0.5) is 14.6 Å². The number of anilines is 1. The number of nitrogens with zero attached hydrogens (tertiary/aromatic N) is 2. The number of ether oxygens (including phenoxy) is 1. The van der Waals surface area contributed by atoms with Crippen LogP contribution in [0.5, 0.6) is 5.88 Å². The van der Waals surface area contributed by atoms with Crippen molar-refractivity contribution in [2.45, 2.75) is 10.9 Å². The number of hydrogen-bond donors (Lipinski definition) is 2. The number of alkyl halides is 3. The molecule has 3 aromatic rings. The Morgan fingerprint density at radius 2 is 1.97 bits per heavy atom. The Bertz CT molecular complexity index is 1090. The van der Waals surface area contributed by atoms with Crippen molar-refractivity contribution in [2.75, 3.05) is 18.5 Å². The molecule has 3 rings (SSSR count). The maximum atomic E-state index is 13.4. The Kier molecular flexibility index (Phi) is 6.75. The number of rotatable bonds is 7. The highest BCUT2D eigenvalue weighted by molar-refractivity contribution is 14.1. The van der Waals surface area contributed by atoms with Crippen LogP contribution in [-0.4, -0.2) is 34.9 Å². The second-order valence-electron chi connectivity index (χ2n) is 6.27. The van der Waals surface area contributed by atoms with E-state index >= 15 is 0 Å². The third-order valence-corrected chi connectivity index (χ3v) is 4.58. The van der Waals surface area contributed by atoms with Crippen LogP contribution in [0.2, 0.25) is 0 Å². The lowest BCUT2D eigenvalue weighted by atomic mass is 10.1. The fraction of sp³-hybridized carbons (Fsp3) is 0.200. The number of benzene rings is 1. The average Bonchev–Trinajstić information content (AvgIpc) is 2.69. The summed E-state index contributed by atoms with van der Waals surface area (Å²) in [6.07, 6.45) is 1.43. The molecular weight excluding hydrogens is 509 g/mol. The van der Waals surface area contributed by atoms with Crippen molar-refractivity contribution < 1.29 is 23.1 Å². The predicted octanol–water partition coefficient (Wildman–Crippen LogP) is 3.88. The van der Waals surface area contributed by atoms with Crippen LogP contribution < -0.4 is 15.4 Å². The number of fused-ring (bicyclic) bond motifs is 1. The normalized spacial score (nSPS) is 11.2.